The van der Waals surface area contributed by atoms with Gasteiger partial charge < -0.3 is 25.6 Å². The molecule has 0 bridgehead atoms. The maximum atomic E-state index is 13.1. The topological polar surface area (TPSA) is 97.5 Å². The smallest absolute Gasteiger partial charge is 0.305 e. The van der Waals surface area contributed by atoms with Crippen LogP contribution in [0.2, 0.25) is 5.02 Å². The molecule has 4 N–H and O–H groups in total. The van der Waals surface area contributed by atoms with Gasteiger partial charge in [-0.3, -0.25) is 9.59 Å². The Kier molecular flexibility index (Phi) is 9.81. The second-order valence-electron chi connectivity index (χ2n) is 9.37. The molecule has 1 aromatic heterocycles. The molecule has 3 aromatic rings. The maximum Gasteiger partial charge on any atom is 0.305 e. The number of aromatic nitrogens is 1. The van der Waals surface area contributed by atoms with Gasteiger partial charge in [0.15, 0.2) is 0 Å². The van der Waals surface area contributed by atoms with Crippen LogP contribution in [0.15, 0.2) is 41.2 Å². The minimum Gasteiger partial charge on any atom is -0.506 e. The zero-order chi connectivity index (χ0) is 25.3. The molecule has 1 saturated carbocycles. The molecule has 194 valence electrons. The number of carbonyl (C=O) groups is 1. The van der Waals surface area contributed by atoms with Crippen LogP contribution in [0.5, 0.6) is 5.75 Å². The Morgan fingerprint density at radius 2 is 1.86 bits per heavy atom. The molecule has 1 fully saturated rings. The van der Waals surface area contributed by atoms with Crippen molar-refractivity contribution < 1.29 is 9.90 Å². The molecular weight excluding hydrogens is 496 g/mol. The number of nitrogens with zero attached hydrogens (tertiary/aromatic N) is 1. The van der Waals surface area contributed by atoms with E-state index in [0.717, 1.165) is 71.9 Å². The fraction of sp³-hybridized carbons (Fsp3) is 0.481. The Morgan fingerprint density at radius 1 is 1.08 bits per heavy atom. The number of H-pyrrole nitrogens is 1. The van der Waals surface area contributed by atoms with E-state index in [-0.39, 0.29) is 16.5 Å². The van der Waals surface area contributed by atoms with Gasteiger partial charge in [-0.15, -0.1) is 0 Å². The van der Waals surface area contributed by atoms with Crippen molar-refractivity contribution in [3.63, 3.8) is 0 Å². The standard InChI is InChI=1S/C27H35ClN4O3S/c28-21-5-3-4-19(18-21)10-13-29-15-12-24(34)32(22-6-1-2-7-22)17-16-30-14-11-20-8-9-23(33)25-26(20)36-27(35)31-25/h3-5,8-9,18,22,29-30,33H,1-2,6-7,10-17H2,(H,31,35). The number of aromatic hydroxyl groups is 1. The quantitative estimate of drug-likeness (QED) is 0.250. The van der Waals surface area contributed by atoms with E-state index >= 15 is 0 Å². The number of nitrogens with one attached hydrogen (secondary N) is 3. The molecule has 1 aliphatic rings. The molecule has 0 saturated heterocycles. The summed E-state index contributed by atoms with van der Waals surface area (Å²) in [5.74, 6) is 0.320. The number of aromatic amines is 1. The van der Waals surface area contributed by atoms with E-state index < -0.39 is 0 Å². The largest absolute Gasteiger partial charge is 0.506 e. The van der Waals surface area contributed by atoms with Crippen LogP contribution < -0.4 is 15.5 Å². The van der Waals surface area contributed by atoms with Crippen LogP contribution in [0.3, 0.4) is 0 Å². The van der Waals surface area contributed by atoms with Crippen molar-refractivity contribution in [1.82, 2.24) is 20.5 Å². The molecule has 7 nitrogen and oxygen atoms in total. The number of phenolic OH excluding ortho intramolecular Hbond substituents is 1. The summed E-state index contributed by atoms with van der Waals surface area (Å²) in [7, 11) is 0. The number of thiazole rings is 1. The van der Waals surface area contributed by atoms with Crippen LogP contribution in [0.25, 0.3) is 10.2 Å². The van der Waals surface area contributed by atoms with Gasteiger partial charge in [-0.2, -0.15) is 0 Å². The molecule has 1 heterocycles. The Bertz CT molecular complexity index is 1210. The third kappa shape index (κ3) is 7.32. The van der Waals surface area contributed by atoms with Gasteiger partial charge in [0.1, 0.15) is 11.3 Å². The highest BCUT2D eigenvalue weighted by molar-refractivity contribution is 7.16. The molecule has 0 spiro atoms. The number of hydrogen-bond acceptors (Lipinski definition) is 6. The normalized spacial score (nSPS) is 14.0. The van der Waals surface area contributed by atoms with E-state index in [0.29, 0.717) is 31.1 Å². The van der Waals surface area contributed by atoms with Gasteiger partial charge in [0, 0.05) is 37.1 Å². The summed E-state index contributed by atoms with van der Waals surface area (Å²) in [5, 5.41) is 17.6. The molecule has 1 amide bonds. The average molecular weight is 531 g/mol. The van der Waals surface area contributed by atoms with E-state index in [1.165, 1.54) is 18.4 Å². The van der Waals surface area contributed by atoms with Crippen LogP contribution in [0.1, 0.15) is 43.2 Å². The molecule has 1 aliphatic carbocycles. The molecule has 36 heavy (non-hydrogen) atoms. The number of amides is 1. The first kappa shape index (κ1) is 26.7. The highest BCUT2D eigenvalue weighted by atomic mass is 35.5. The lowest BCUT2D eigenvalue weighted by Crippen LogP contribution is -2.44. The van der Waals surface area contributed by atoms with Gasteiger partial charge >= 0.3 is 4.87 Å². The minimum absolute atomic E-state index is 0.102. The van der Waals surface area contributed by atoms with Gasteiger partial charge in [-0.25, -0.2) is 0 Å². The first-order valence-corrected chi connectivity index (χ1v) is 14.0. The van der Waals surface area contributed by atoms with Crippen LogP contribution >= 0.6 is 22.9 Å². The Hall–Kier alpha value is -2.39. The molecule has 2 aromatic carbocycles. The van der Waals surface area contributed by atoms with Crippen LogP contribution in [-0.2, 0) is 17.6 Å². The second kappa shape index (κ2) is 13.2. The van der Waals surface area contributed by atoms with E-state index in [1.807, 2.05) is 24.3 Å². The molecular formula is C27H35ClN4O3S. The lowest BCUT2D eigenvalue weighted by molar-refractivity contribution is -0.133. The number of rotatable bonds is 13. The summed E-state index contributed by atoms with van der Waals surface area (Å²) in [6.07, 6.45) is 6.70. The first-order chi connectivity index (χ1) is 17.5. The fourth-order valence-corrected chi connectivity index (χ4v) is 6.04. The highest BCUT2D eigenvalue weighted by Gasteiger charge is 2.25. The molecule has 4 rings (SSSR count). The SMILES string of the molecule is O=C(CCNCCc1cccc(Cl)c1)N(CCNCCc1ccc(O)c2[nH]c(=O)sc12)C1CCCC1. The Morgan fingerprint density at radius 3 is 2.67 bits per heavy atom. The number of carbonyl (C=O) groups excluding carboxylic acids is 1. The lowest BCUT2D eigenvalue weighted by Gasteiger charge is -2.29. The third-order valence-electron chi connectivity index (χ3n) is 6.82. The van der Waals surface area contributed by atoms with Gasteiger partial charge in [-0.1, -0.05) is 54.0 Å². The molecule has 0 unspecified atom stereocenters. The van der Waals surface area contributed by atoms with Crippen molar-refractivity contribution in [1.29, 1.82) is 0 Å². The molecule has 0 atom stereocenters. The van der Waals surface area contributed by atoms with E-state index in [1.54, 1.807) is 6.07 Å². The van der Waals surface area contributed by atoms with Crippen molar-refractivity contribution in [2.24, 2.45) is 0 Å². The van der Waals surface area contributed by atoms with Crippen molar-refractivity contribution in [2.45, 2.75) is 51.0 Å². The summed E-state index contributed by atoms with van der Waals surface area (Å²) in [6.45, 7) is 3.67. The van der Waals surface area contributed by atoms with Gasteiger partial charge in [0.25, 0.3) is 0 Å². The van der Waals surface area contributed by atoms with E-state index in [2.05, 4.69) is 26.6 Å². The zero-order valence-electron chi connectivity index (χ0n) is 20.5. The predicted octanol–water partition coefficient (Wildman–Crippen LogP) is 4.07. The summed E-state index contributed by atoms with van der Waals surface area (Å²) >= 11 is 7.18. The lowest BCUT2D eigenvalue weighted by atomic mass is 10.1. The number of benzene rings is 2. The van der Waals surface area contributed by atoms with Crippen molar-refractivity contribution >= 4 is 39.1 Å². The van der Waals surface area contributed by atoms with Crippen molar-refractivity contribution in [3.8, 4) is 5.75 Å². The van der Waals surface area contributed by atoms with E-state index in [9.17, 15) is 14.7 Å². The van der Waals surface area contributed by atoms with Crippen LogP contribution in [0.4, 0.5) is 0 Å². The average Bonchev–Trinajstić information content (AvgIpc) is 3.53. The summed E-state index contributed by atoms with van der Waals surface area (Å²) in [5.41, 5.74) is 2.74. The Balaban J connectivity index is 1.20. The number of halogens is 1. The predicted molar refractivity (Wildman–Crippen MR) is 147 cm³/mol. The second-order valence-corrected chi connectivity index (χ2v) is 10.8. The zero-order valence-corrected chi connectivity index (χ0v) is 22.1. The fourth-order valence-electron chi connectivity index (χ4n) is 4.93. The van der Waals surface area contributed by atoms with Gasteiger partial charge in [0.2, 0.25) is 5.91 Å². The minimum atomic E-state index is -0.162. The molecule has 0 aliphatic heterocycles. The van der Waals surface area contributed by atoms with Gasteiger partial charge in [-0.05, 0) is 68.1 Å². The number of hydrogen-bond donors (Lipinski definition) is 4. The highest BCUT2D eigenvalue weighted by Crippen LogP contribution is 2.28. The monoisotopic (exact) mass is 530 g/mol. The third-order valence-corrected chi connectivity index (χ3v) is 8.01. The van der Waals surface area contributed by atoms with Crippen molar-refractivity contribution in [3.05, 3.63) is 62.2 Å². The molecule has 0 radical (unpaired) electrons. The molecule has 9 heteroatoms. The number of phenols is 1. The summed E-state index contributed by atoms with van der Waals surface area (Å²) in [6, 6.07) is 11.7. The van der Waals surface area contributed by atoms with E-state index in [4.69, 9.17) is 11.6 Å². The Labute approximate surface area is 220 Å². The van der Waals surface area contributed by atoms with Crippen LogP contribution in [-0.4, -0.2) is 59.7 Å². The van der Waals surface area contributed by atoms with Crippen LogP contribution in [0, 0.1) is 0 Å². The van der Waals surface area contributed by atoms with Gasteiger partial charge in [0.05, 0.1) is 4.70 Å². The summed E-state index contributed by atoms with van der Waals surface area (Å²) < 4.78 is 0.812. The summed E-state index contributed by atoms with van der Waals surface area (Å²) in [4.78, 5) is 29.4. The first-order valence-electron chi connectivity index (χ1n) is 12.8. The number of fused-ring (bicyclic) bond motifs is 1. The van der Waals surface area contributed by atoms with Crippen molar-refractivity contribution in [2.75, 3.05) is 32.7 Å². The maximum absolute atomic E-state index is 13.1.